The molecule has 0 aromatic heterocycles. The first-order chi connectivity index (χ1) is 15.1. The van der Waals surface area contributed by atoms with Gasteiger partial charge in [-0.15, -0.1) is 0 Å². The van der Waals surface area contributed by atoms with Gasteiger partial charge in [0, 0.05) is 13.1 Å². The molecule has 160 valence electrons. The van der Waals surface area contributed by atoms with E-state index in [9.17, 15) is 14.0 Å². The van der Waals surface area contributed by atoms with Crippen LogP contribution < -0.4 is 4.74 Å². The fourth-order valence-electron chi connectivity index (χ4n) is 3.10. The summed E-state index contributed by atoms with van der Waals surface area (Å²) in [5.41, 5.74) is 2.11. The monoisotopic (exact) mass is 421 g/mol. The van der Waals surface area contributed by atoms with Crippen LogP contribution in [-0.2, 0) is 22.5 Å². The summed E-state index contributed by atoms with van der Waals surface area (Å²) in [5.74, 6) is -1.72. The third-order valence-electron chi connectivity index (χ3n) is 4.80. The van der Waals surface area contributed by atoms with Crippen molar-refractivity contribution < 1.29 is 23.5 Å². The summed E-state index contributed by atoms with van der Waals surface area (Å²) in [6.07, 6.45) is 0.678. The fraction of sp³-hybridized carbons (Fsp3) is 0.200. The lowest BCUT2D eigenvalue weighted by Gasteiger charge is -2.23. The minimum absolute atomic E-state index is 0.0185. The number of benzene rings is 3. The molecule has 0 radical (unpaired) electrons. The predicted molar refractivity (Wildman–Crippen MR) is 115 cm³/mol. The maximum atomic E-state index is 13.8. The molecule has 0 aliphatic rings. The minimum atomic E-state index is -0.766. The van der Waals surface area contributed by atoms with Crippen molar-refractivity contribution in [2.45, 2.75) is 13.0 Å². The Kier molecular flexibility index (Phi) is 7.76. The van der Waals surface area contributed by atoms with E-state index >= 15 is 0 Å². The highest BCUT2D eigenvalue weighted by Crippen LogP contribution is 2.18. The number of methoxy groups -OCH3 is 1. The molecule has 3 aromatic carbocycles. The van der Waals surface area contributed by atoms with Crippen molar-refractivity contribution in [1.82, 2.24) is 4.90 Å². The number of ether oxygens (including phenoxy) is 2. The second kappa shape index (κ2) is 10.9. The summed E-state index contributed by atoms with van der Waals surface area (Å²) >= 11 is 0. The number of rotatable bonds is 9. The Morgan fingerprint density at radius 2 is 1.55 bits per heavy atom. The zero-order valence-corrected chi connectivity index (χ0v) is 17.3. The van der Waals surface area contributed by atoms with Crippen LogP contribution in [0.15, 0.2) is 78.9 Å². The first-order valence-electron chi connectivity index (χ1n) is 9.93. The van der Waals surface area contributed by atoms with Gasteiger partial charge in [0.25, 0.3) is 5.91 Å². The Morgan fingerprint density at radius 1 is 0.903 bits per heavy atom. The molecule has 0 atom stereocenters. The van der Waals surface area contributed by atoms with Crippen LogP contribution >= 0.6 is 0 Å². The molecule has 0 saturated heterocycles. The van der Waals surface area contributed by atoms with Gasteiger partial charge in [-0.2, -0.15) is 0 Å². The molecule has 6 heteroatoms. The van der Waals surface area contributed by atoms with Gasteiger partial charge in [-0.05, 0) is 35.7 Å². The first-order valence-corrected chi connectivity index (χ1v) is 9.93. The molecule has 3 rings (SSSR count). The van der Waals surface area contributed by atoms with Gasteiger partial charge in [-0.25, -0.2) is 9.18 Å². The van der Waals surface area contributed by atoms with Crippen LogP contribution in [0.5, 0.6) is 5.75 Å². The largest absolute Gasteiger partial charge is 0.494 e. The molecular formula is C25H24FNO4. The molecule has 5 nitrogen and oxygen atoms in total. The van der Waals surface area contributed by atoms with Crippen molar-refractivity contribution in [1.29, 1.82) is 0 Å². The number of nitrogens with zero attached hydrogens (tertiary/aromatic N) is 1. The van der Waals surface area contributed by atoms with E-state index in [1.165, 1.54) is 19.2 Å². The number of hydrogen-bond acceptors (Lipinski definition) is 4. The Labute approximate surface area is 181 Å². The highest BCUT2D eigenvalue weighted by Gasteiger charge is 2.18. The lowest BCUT2D eigenvalue weighted by Crippen LogP contribution is -2.35. The fourth-order valence-corrected chi connectivity index (χ4v) is 3.10. The summed E-state index contributed by atoms with van der Waals surface area (Å²) in [6, 6.07) is 23.2. The van der Waals surface area contributed by atoms with Gasteiger partial charge in [0.1, 0.15) is 0 Å². The lowest BCUT2D eigenvalue weighted by atomic mass is 10.1. The molecule has 1 amide bonds. The Morgan fingerprint density at radius 3 is 2.16 bits per heavy atom. The summed E-state index contributed by atoms with van der Waals surface area (Å²) in [4.78, 5) is 26.7. The van der Waals surface area contributed by atoms with Crippen LogP contribution in [0.2, 0.25) is 0 Å². The van der Waals surface area contributed by atoms with Crippen LogP contribution in [0, 0.1) is 5.82 Å². The van der Waals surface area contributed by atoms with Crippen molar-refractivity contribution in [2.24, 2.45) is 0 Å². The van der Waals surface area contributed by atoms with Crippen molar-refractivity contribution in [3.05, 3.63) is 101 Å². The Bertz CT molecular complexity index is 1010. The number of carbonyl (C=O) groups is 2. The van der Waals surface area contributed by atoms with Crippen molar-refractivity contribution in [2.75, 3.05) is 20.3 Å². The normalized spacial score (nSPS) is 10.4. The maximum Gasteiger partial charge on any atom is 0.338 e. The van der Waals surface area contributed by atoms with Gasteiger partial charge in [-0.3, -0.25) is 4.79 Å². The van der Waals surface area contributed by atoms with E-state index in [0.717, 1.165) is 17.2 Å². The lowest BCUT2D eigenvalue weighted by molar-refractivity contribution is -0.135. The van der Waals surface area contributed by atoms with Crippen LogP contribution in [0.3, 0.4) is 0 Å². The molecule has 0 spiro atoms. The topological polar surface area (TPSA) is 55.8 Å². The highest BCUT2D eigenvalue weighted by atomic mass is 19.1. The molecule has 0 aliphatic carbocycles. The number of carbonyl (C=O) groups excluding carboxylic acids is 2. The molecule has 0 heterocycles. The van der Waals surface area contributed by atoms with Gasteiger partial charge >= 0.3 is 5.97 Å². The van der Waals surface area contributed by atoms with E-state index in [0.29, 0.717) is 19.5 Å². The predicted octanol–water partition coefficient (Wildman–Crippen LogP) is 4.26. The van der Waals surface area contributed by atoms with Crippen molar-refractivity contribution in [3.8, 4) is 5.75 Å². The van der Waals surface area contributed by atoms with Gasteiger partial charge in [0.2, 0.25) is 0 Å². The zero-order chi connectivity index (χ0) is 22.1. The van der Waals surface area contributed by atoms with E-state index in [-0.39, 0.29) is 17.2 Å². The summed E-state index contributed by atoms with van der Waals surface area (Å²) in [5, 5.41) is 0. The quantitative estimate of drug-likeness (QED) is 0.485. The molecular weight excluding hydrogens is 397 g/mol. The molecule has 31 heavy (non-hydrogen) atoms. The van der Waals surface area contributed by atoms with E-state index in [2.05, 4.69) is 0 Å². The second-order valence-electron chi connectivity index (χ2n) is 6.96. The van der Waals surface area contributed by atoms with E-state index in [1.807, 2.05) is 60.7 Å². The molecule has 0 N–H and O–H groups in total. The Hall–Kier alpha value is -3.67. The average Bonchev–Trinajstić information content (AvgIpc) is 2.81. The standard InChI is InChI=1S/C25H24FNO4/c1-30-23-13-12-21(16-22(23)26)25(29)31-18-24(28)27(17-20-10-6-3-7-11-20)15-14-19-8-4-2-5-9-19/h2-13,16H,14-15,17-18H2,1H3. The Balaban J connectivity index is 1.64. The van der Waals surface area contributed by atoms with E-state index in [1.54, 1.807) is 4.90 Å². The third kappa shape index (κ3) is 6.40. The van der Waals surface area contributed by atoms with Gasteiger partial charge in [0.05, 0.1) is 12.7 Å². The molecule has 0 fully saturated rings. The summed E-state index contributed by atoms with van der Waals surface area (Å²) < 4.78 is 23.8. The molecule has 0 saturated carbocycles. The van der Waals surface area contributed by atoms with Gasteiger partial charge in [-0.1, -0.05) is 60.7 Å². The maximum absolute atomic E-state index is 13.8. The first kappa shape index (κ1) is 22.0. The highest BCUT2D eigenvalue weighted by molar-refractivity contribution is 5.91. The molecule has 0 unspecified atom stereocenters. The molecule has 3 aromatic rings. The summed E-state index contributed by atoms with van der Waals surface area (Å²) in [7, 11) is 1.34. The number of halogens is 1. The van der Waals surface area contributed by atoms with Crippen LogP contribution in [-0.4, -0.2) is 37.0 Å². The van der Waals surface area contributed by atoms with Crippen LogP contribution in [0.25, 0.3) is 0 Å². The van der Waals surface area contributed by atoms with Crippen LogP contribution in [0.4, 0.5) is 4.39 Å². The molecule has 0 aliphatic heterocycles. The van der Waals surface area contributed by atoms with Gasteiger partial charge < -0.3 is 14.4 Å². The van der Waals surface area contributed by atoms with Crippen molar-refractivity contribution in [3.63, 3.8) is 0 Å². The smallest absolute Gasteiger partial charge is 0.338 e. The SMILES string of the molecule is COc1ccc(C(=O)OCC(=O)N(CCc2ccccc2)Cc2ccccc2)cc1F. The number of hydrogen-bond donors (Lipinski definition) is 0. The number of amides is 1. The third-order valence-corrected chi connectivity index (χ3v) is 4.80. The summed E-state index contributed by atoms with van der Waals surface area (Å²) in [6.45, 7) is 0.460. The van der Waals surface area contributed by atoms with Gasteiger partial charge in [0.15, 0.2) is 18.2 Å². The zero-order valence-electron chi connectivity index (χ0n) is 17.3. The van der Waals surface area contributed by atoms with E-state index < -0.39 is 18.4 Å². The van der Waals surface area contributed by atoms with Crippen molar-refractivity contribution >= 4 is 11.9 Å². The van der Waals surface area contributed by atoms with Crippen LogP contribution in [0.1, 0.15) is 21.5 Å². The number of esters is 1. The van der Waals surface area contributed by atoms with E-state index in [4.69, 9.17) is 9.47 Å². The average molecular weight is 421 g/mol. The molecule has 0 bridgehead atoms. The minimum Gasteiger partial charge on any atom is -0.494 e. The second-order valence-corrected chi connectivity index (χ2v) is 6.96.